The summed E-state index contributed by atoms with van der Waals surface area (Å²) in [4.78, 5) is 53.4. The SMILES string of the molecule is CC(C)C[C@@H]1COc2ccccc2C(=O)N[C@H](C(=O)NCC(C)(C)c2ccc(F)cc2)CC(=O)N[C@H](C(C)C)C(=O)N1. The van der Waals surface area contributed by atoms with E-state index in [0.717, 1.165) is 5.56 Å². The minimum Gasteiger partial charge on any atom is -0.491 e. The van der Waals surface area contributed by atoms with Gasteiger partial charge in [0, 0.05) is 12.0 Å². The number of fused-ring (bicyclic) bond motifs is 1. The van der Waals surface area contributed by atoms with Gasteiger partial charge in [0.25, 0.3) is 5.91 Å². The van der Waals surface area contributed by atoms with Crippen LogP contribution in [0.2, 0.25) is 0 Å². The van der Waals surface area contributed by atoms with Crippen molar-refractivity contribution in [2.45, 2.75) is 77.9 Å². The number of carbonyl (C=O) groups excluding carboxylic acids is 4. The van der Waals surface area contributed by atoms with E-state index in [2.05, 4.69) is 21.3 Å². The van der Waals surface area contributed by atoms with Crippen LogP contribution in [0.25, 0.3) is 0 Å². The summed E-state index contributed by atoms with van der Waals surface area (Å²) < 4.78 is 19.5. The Kier molecular flexibility index (Phi) is 11.1. The Labute approximate surface area is 247 Å². The molecule has 9 nitrogen and oxygen atoms in total. The number of halogens is 1. The standard InChI is InChI=1S/C32H43FN4O5/c1-19(2)15-23-17-42-26-10-8-7-9-24(26)29(39)36-25(16-27(38)37-28(20(3)4)31(41)35-23)30(40)34-18-32(5,6)21-11-13-22(33)14-12-21/h7-14,19-20,23,25,28H,15-18H2,1-6H3,(H,34,40)(H,35,41)(H,36,39)(H,37,38)/t23-,25+,28-/m1/s1. The number of rotatable bonds is 7. The molecule has 228 valence electrons. The quantitative estimate of drug-likeness (QED) is 0.398. The van der Waals surface area contributed by atoms with E-state index < -0.39 is 35.2 Å². The first kappa shape index (κ1) is 32.6. The predicted molar refractivity (Wildman–Crippen MR) is 158 cm³/mol. The lowest BCUT2D eigenvalue weighted by molar-refractivity contribution is -0.132. The maximum atomic E-state index is 13.4. The zero-order valence-corrected chi connectivity index (χ0v) is 25.3. The Hall–Kier alpha value is -3.95. The molecular formula is C32H43FN4O5. The van der Waals surface area contributed by atoms with Gasteiger partial charge in [-0.1, -0.05) is 65.8 Å². The molecule has 0 saturated heterocycles. The Bertz CT molecular complexity index is 1260. The summed E-state index contributed by atoms with van der Waals surface area (Å²) in [5, 5.41) is 11.3. The van der Waals surface area contributed by atoms with Gasteiger partial charge < -0.3 is 26.0 Å². The second-order valence-corrected chi connectivity index (χ2v) is 12.3. The van der Waals surface area contributed by atoms with Crippen molar-refractivity contribution in [3.63, 3.8) is 0 Å². The molecule has 0 saturated carbocycles. The highest BCUT2D eigenvalue weighted by Gasteiger charge is 2.32. The van der Waals surface area contributed by atoms with Crippen LogP contribution < -0.4 is 26.0 Å². The average Bonchev–Trinajstić information content (AvgIpc) is 2.92. The van der Waals surface area contributed by atoms with Crippen LogP contribution in [-0.2, 0) is 19.8 Å². The van der Waals surface area contributed by atoms with Crippen molar-refractivity contribution >= 4 is 23.6 Å². The van der Waals surface area contributed by atoms with Crippen molar-refractivity contribution in [3.05, 3.63) is 65.5 Å². The molecule has 1 heterocycles. The molecule has 0 unspecified atom stereocenters. The topological polar surface area (TPSA) is 126 Å². The number of hydrogen-bond donors (Lipinski definition) is 4. The molecule has 0 aliphatic carbocycles. The number of hydrogen-bond acceptors (Lipinski definition) is 5. The Balaban J connectivity index is 1.89. The van der Waals surface area contributed by atoms with Crippen molar-refractivity contribution in [2.75, 3.05) is 13.2 Å². The molecule has 2 aromatic carbocycles. The number of amides is 4. The monoisotopic (exact) mass is 582 g/mol. The van der Waals surface area contributed by atoms with Gasteiger partial charge >= 0.3 is 0 Å². The van der Waals surface area contributed by atoms with Crippen molar-refractivity contribution in [3.8, 4) is 5.75 Å². The summed E-state index contributed by atoms with van der Waals surface area (Å²) in [5.41, 5.74) is 0.448. The summed E-state index contributed by atoms with van der Waals surface area (Å²) >= 11 is 0. The lowest BCUT2D eigenvalue weighted by Crippen LogP contribution is -2.56. The first-order valence-electron chi connectivity index (χ1n) is 14.4. The second-order valence-electron chi connectivity index (χ2n) is 12.3. The fraction of sp³-hybridized carbons (Fsp3) is 0.500. The Morgan fingerprint density at radius 2 is 1.67 bits per heavy atom. The van der Waals surface area contributed by atoms with Gasteiger partial charge in [-0.15, -0.1) is 0 Å². The van der Waals surface area contributed by atoms with Crippen LogP contribution in [0.5, 0.6) is 5.75 Å². The molecule has 0 radical (unpaired) electrons. The highest BCUT2D eigenvalue weighted by molar-refractivity contribution is 6.01. The minimum atomic E-state index is -1.23. The van der Waals surface area contributed by atoms with Gasteiger partial charge in [0.15, 0.2) is 0 Å². The summed E-state index contributed by atoms with van der Waals surface area (Å²) in [6.45, 7) is 11.8. The molecule has 10 heteroatoms. The summed E-state index contributed by atoms with van der Waals surface area (Å²) in [5.74, 6) is -2.07. The van der Waals surface area contributed by atoms with Gasteiger partial charge in [0.05, 0.1) is 18.0 Å². The van der Waals surface area contributed by atoms with E-state index >= 15 is 0 Å². The summed E-state index contributed by atoms with van der Waals surface area (Å²) in [7, 11) is 0. The zero-order chi connectivity index (χ0) is 31.0. The molecule has 2 aromatic rings. The first-order chi connectivity index (χ1) is 19.8. The minimum absolute atomic E-state index is 0.120. The molecule has 0 bridgehead atoms. The van der Waals surface area contributed by atoms with E-state index in [0.29, 0.717) is 12.2 Å². The van der Waals surface area contributed by atoms with Crippen molar-refractivity contribution in [1.82, 2.24) is 21.3 Å². The van der Waals surface area contributed by atoms with Crippen LogP contribution in [0.4, 0.5) is 4.39 Å². The van der Waals surface area contributed by atoms with E-state index in [1.54, 1.807) is 36.4 Å². The van der Waals surface area contributed by atoms with Gasteiger partial charge in [-0.25, -0.2) is 4.39 Å². The Morgan fingerprint density at radius 1 is 1.00 bits per heavy atom. The fourth-order valence-corrected chi connectivity index (χ4v) is 4.83. The van der Waals surface area contributed by atoms with Gasteiger partial charge in [-0.05, 0) is 48.1 Å². The molecule has 4 N–H and O–H groups in total. The van der Waals surface area contributed by atoms with Crippen molar-refractivity contribution in [2.24, 2.45) is 11.8 Å². The molecule has 1 aliphatic rings. The molecule has 4 amide bonds. The van der Waals surface area contributed by atoms with Gasteiger partial charge in [-0.3, -0.25) is 19.2 Å². The normalized spacial score (nSPS) is 20.5. The first-order valence-corrected chi connectivity index (χ1v) is 14.4. The van der Waals surface area contributed by atoms with Crippen LogP contribution in [0.3, 0.4) is 0 Å². The second kappa shape index (κ2) is 14.3. The lowest BCUT2D eigenvalue weighted by atomic mass is 9.84. The van der Waals surface area contributed by atoms with E-state index in [9.17, 15) is 23.6 Å². The molecule has 3 rings (SSSR count). The Morgan fingerprint density at radius 3 is 2.31 bits per heavy atom. The third-order valence-electron chi connectivity index (χ3n) is 7.28. The zero-order valence-electron chi connectivity index (χ0n) is 25.3. The summed E-state index contributed by atoms with van der Waals surface area (Å²) in [6.07, 6.45) is 0.249. The maximum Gasteiger partial charge on any atom is 0.255 e. The van der Waals surface area contributed by atoms with Crippen LogP contribution in [0.15, 0.2) is 48.5 Å². The molecular weight excluding hydrogens is 539 g/mol. The molecule has 42 heavy (non-hydrogen) atoms. The number of nitrogens with one attached hydrogen (secondary N) is 4. The number of para-hydroxylation sites is 1. The molecule has 0 aromatic heterocycles. The fourth-order valence-electron chi connectivity index (χ4n) is 4.83. The largest absolute Gasteiger partial charge is 0.491 e. The molecule has 1 aliphatic heterocycles. The molecule has 3 atom stereocenters. The number of benzene rings is 2. The smallest absolute Gasteiger partial charge is 0.255 e. The average molecular weight is 583 g/mol. The van der Waals surface area contributed by atoms with Crippen LogP contribution in [0.1, 0.15) is 70.3 Å². The van der Waals surface area contributed by atoms with Crippen LogP contribution >= 0.6 is 0 Å². The van der Waals surface area contributed by atoms with E-state index in [4.69, 9.17) is 4.74 Å². The predicted octanol–water partition coefficient (Wildman–Crippen LogP) is 3.47. The molecule has 0 fully saturated rings. The van der Waals surface area contributed by atoms with Crippen LogP contribution in [0, 0.1) is 17.7 Å². The third-order valence-corrected chi connectivity index (χ3v) is 7.28. The summed E-state index contributed by atoms with van der Waals surface area (Å²) in [6, 6.07) is 10.2. The van der Waals surface area contributed by atoms with Crippen LogP contribution in [-0.4, -0.2) is 54.9 Å². The van der Waals surface area contributed by atoms with E-state index in [-0.39, 0.29) is 54.7 Å². The van der Waals surface area contributed by atoms with E-state index in [1.807, 2.05) is 41.5 Å². The van der Waals surface area contributed by atoms with Gasteiger partial charge in [-0.2, -0.15) is 0 Å². The van der Waals surface area contributed by atoms with Gasteiger partial charge in [0.1, 0.15) is 30.3 Å². The highest BCUT2D eigenvalue weighted by atomic mass is 19.1. The number of ether oxygens (including phenoxy) is 1. The molecule has 0 spiro atoms. The maximum absolute atomic E-state index is 13.4. The van der Waals surface area contributed by atoms with E-state index in [1.165, 1.54) is 12.1 Å². The van der Waals surface area contributed by atoms with Gasteiger partial charge in [0.2, 0.25) is 17.7 Å². The third kappa shape index (κ3) is 9.03. The lowest BCUT2D eigenvalue weighted by Gasteiger charge is -2.29. The number of carbonyl (C=O) groups is 4. The van der Waals surface area contributed by atoms with Crippen molar-refractivity contribution < 1.29 is 28.3 Å². The highest BCUT2D eigenvalue weighted by Crippen LogP contribution is 2.23. The van der Waals surface area contributed by atoms with Crippen molar-refractivity contribution in [1.29, 1.82) is 0 Å².